The molecule has 0 saturated heterocycles. The van der Waals surface area contributed by atoms with Crippen molar-refractivity contribution in [3.8, 4) is 0 Å². The fourth-order valence-electron chi connectivity index (χ4n) is 0.765. The van der Waals surface area contributed by atoms with Crippen LogP contribution in [0.1, 0.15) is 27.2 Å². The Bertz CT molecular complexity index is 225. The quantitative estimate of drug-likeness (QED) is 0.776. The van der Waals surface area contributed by atoms with Crippen LogP contribution in [0.3, 0.4) is 0 Å². The highest BCUT2D eigenvalue weighted by molar-refractivity contribution is 9.10. The van der Waals surface area contributed by atoms with Crippen LogP contribution in [0.4, 0.5) is 0 Å². The largest absolute Gasteiger partial charge is 0.355 e. The molecular weight excluding hydrogens is 266 g/mol. The summed E-state index contributed by atoms with van der Waals surface area (Å²) < 4.78 is 10.5. The minimum absolute atomic E-state index is 0.0356. The van der Waals surface area contributed by atoms with Crippen LogP contribution in [0.15, 0.2) is 0 Å². The van der Waals surface area contributed by atoms with Crippen molar-refractivity contribution >= 4 is 32.6 Å². The zero-order chi connectivity index (χ0) is 11.4. The van der Waals surface area contributed by atoms with Crippen LogP contribution in [-0.2, 0) is 15.6 Å². The molecule has 84 valence electrons. The molecule has 0 aromatic heterocycles. The predicted molar refractivity (Wildman–Crippen MR) is 64.2 cm³/mol. The van der Waals surface area contributed by atoms with Crippen molar-refractivity contribution in [1.82, 2.24) is 5.32 Å². The molecule has 14 heavy (non-hydrogen) atoms. The Balaban J connectivity index is 3.76. The first kappa shape index (κ1) is 14.1. The van der Waals surface area contributed by atoms with Gasteiger partial charge in [-0.15, -0.1) is 0 Å². The summed E-state index contributed by atoms with van der Waals surface area (Å²) in [6.45, 7) is 6.09. The molecule has 3 nitrogen and oxygen atoms in total. The molecule has 5 heteroatoms. The van der Waals surface area contributed by atoms with Gasteiger partial charge in [0.15, 0.2) is 0 Å². The lowest BCUT2D eigenvalue weighted by Gasteiger charge is -2.16. The summed E-state index contributed by atoms with van der Waals surface area (Å²) in [5, 5.41) is 2.92. The van der Waals surface area contributed by atoms with Crippen LogP contribution in [-0.4, -0.2) is 32.5 Å². The van der Waals surface area contributed by atoms with Crippen molar-refractivity contribution in [3.63, 3.8) is 0 Å². The van der Waals surface area contributed by atoms with E-state index in [9.17, 15) is 9.00 Å². The van der Waals surface area contributed by atoms with Gasteiger partial charge in [0.2, 0.25) is 5.91 Å². The van der Waals surface area contributed by atoms with Crippen LogP contribution in [0.2, 0.25) is 0 Å². The molecule has 1 N–H and O–H groups in total. The lowest BCUT2D eigenvalue weighted by Crippen LogP contribution is -2.38. The van der Waals surface area contributed by atoms with E-state index < -0.39 is 15.1 Å². The lowest BCUT2D eigenvalue weighted by molar-refractivity contribution is -0.122. The van der Waals surface area contributed by atoms with E-state index in [1.54, 1.807) is 20.1 Å². The van der Waals surface area contributed by atoms with Gasteiger partial charge in [-0.2, -0.15) is 0 Å². The Morgan fingerprint density at radius 2 is 2.07 bits per heavy atom. The molecule has 0 aliphatic rings. The van der Waals surface area contributed by atoms with Crippen molar-refractivity contribution in [2.24, 2.45) is 0 Å². The van der Waals surface area contributed by atoms with Gasteiger partial charge < -0.3 is 5.32 Å². The molecule has 0 fully saturated rings. The van der Waals surface area contributed by atoms with E-state index in [1.165, 1.54) is 0 Å². The Kier molecular flexibility index (Phi) is 5.90. The summed E-state index contributed by atoms with van der Waals surface area (Å²) in [7, 11) is -0.809. The molecule has 0 aliphatic heterocycles. The summed E-state index contributed by atoms with van der Waals surface area (Å²) in [5.74, 6) is -0.0356. The number of rotatable bonds is 5. The first-order valence-corrected chi connectivity index (χ1v) is 6.96. The van der Waals surface area contributed by atoms with E-state index in [0.29, 0.717) is 6.54 Å². The van der Waals surface area contributed by atoms with E-state index in [-0.39, 0.29) is 11.2 Å². The van der Waals surface area contributed by atoms with Crippen LogP contribution >= 0.6 is 15.9 Å². The van der Waals surface area contributed by atoms with Gasteiger partial charge in [0.25, 0.3) is 0 Å². The van der Waals surface area contributed by atoms with Gasteiger partial charge >= 0.3 is 0 Å². The van der Waals surface area contributed by atoms with Gasteiger partial charge in [-0.25, -0.2) is 0 Å². The van der Waals surface area contributed by atoms with E-state index in [0.717, 1.165) is 6.42 Å². The zero-order valence-electron chi connectivity index (χ0n) is 9.09. The SMILES string of the molecule is CC(CCNC(=O)C(C)(C)Br)S(C)=O. The second-order valence-electron chi connectivity index (χ2n) is 3.83. The fourth-order valence-corrected chi connectivity index (χ4v) is 1.36. The van der Waals surface area contributed by atoms with E-state index >= 15 is 0 Å². The number of halogens is 1. The number of carbonyl (C=O) groups is 1. The summed E-state index contributed by atoms with van der Waals surface area (Å²) >= 11 is 3.27. The normalized spacial score (nSPS) is 16.1. The highest BCUT2D eigenvalue weighted by atomic mass is 79.9. The first-order chi connectivity index (χ1) is 6.25. The smallest absolute Gasteiger partial charge is 0.236 e. The molecule has 0 spiro atoms. The van der Waals surface area contributed by atoms with Crippen molar-refractivity contribution in [1.29, 1.82) is 0 Å². The van der Waals surface area contributed by atoms with Gasteiger partial charge in [-0.05, 0) is 20.3 Å². The summed E-state index contributed by atoms with van der Waals surface area (Å²) in [5.41, 5.74) is 0. The molecular formula is C9H18BrNO2S. The monoisotopic (exact) mass is 283 g/mol. The Labute approximate surface area is 96.6 Å². The number of hydrogen-bond acceptors (Lipinski definition) is 2. The van der Waals surface area contributed by atoms with Crippen LogP contribution in [0.5, 0.6) is 0 Å². The van der Waals surface area contributed by atoms with E-state index in [2.05, 4.69) is 21.2 Å². The molecule has 2 atom stereocenters. The number of carbonyl (C=O) groups excluding carboxylic acids is 1. The third-order valence-electron chi connectivity index (χ3n) is 1.94. The van der Waals surface area contributed by atoms with Crippen molar-refractivity contribution < 1.29 is 9.00 Å². The van der Waals surface area contributed by atoms with E-state index in [4.69, 9.17) is 0 Å². The maximum atomic E-state index is 11.4. The van der Waals surface area contributed by atoms with Crippen LogP contribution in [0, 0.1) is 0 Å². The molecule has 0 aliphatic carbocycles. The summed E-state index contributed by atoms with van der Waals surface area (Å²) in [6.07, 6.45) is 2.43. The molecule has 0 heterocycles. The predicted octanol–water partition coefficient (Wildman–Crippen LogP) is 1.43. The highest BCUT2D eigenvalue weighted by Crippen LogP contribution is 2.15. The molecule has 0 aromatic rings. The number of amides is 1. The maximum absolute atomic E-state index is 11.4. The average Bonchev–Trinajstić information content (AvgIpc) is 2.01. The molecule has 0 rings (SSSR count). The minimum Gasteiger partial charge on any atom is -0.355 e. The zero-order valence-corrected chi connectivity index (χ0v) is 11.5. The van der Waals surface area contributed by atoms with Gasteiger partial charge in [0, 0.05) is 28.9 Å². The summed E-state index contributed by atoms with van der Waals surface area (Å²) in [6, 6.07) is 0. The number of nitrogens with one attached hydrogen (secondary N) is 1. The van der Waals surface area contributed by atoms with Crippen molar-refractivity contribution in [2.45, 2.75) is 36.8 Å². The standard InChI is InChI=1S/C9H18BrNO2S/c1-7(14(4)13)5-6-11-8(12)9(2,3)10/h7H,5-6H2,1-4H3,(H,11,12). The average molecular weight is 284 g/mol. The van der Waals surface area contributed by atoms with E-state index in [1.807, 2.05) is 6.92 Å². The molecule has 0 saturated carbocycles. The second kappa shape index (κ2) is 5.85. The van der Waals surface area contributed by atoms with Crippen LogP contribution < -0.4 is 5.32 Å². The number of alkyl halides is 1. The third kappa shape index (κ3) is 5.75. The lowest BCUT2D eigenvalue weighted by atomic mass is 10.2. The van der Waals surface area contributed by atoms with Crippen molar-refractivity contribution in [2.75, 3.05) is 12.8 Å². The Morgan fingerprint density at radius 3 is 2.43 bits per heavy atom. The fraction of sp³-hybridized carbons (Fsp3) is 0.889. The third-order valence-corrected chi connectivity index (χ3v) is 3.67. The molecule has 0 radical (unpaired) electrons. The highest BCUT2D eigenvalue weighted by Gasteiger charge is 2.22. The molecule has 0 bridgehead atoms. The molecule has 2 unspecified atom stereocenters. The van der Waals surface area contributed by atoms with Gasteiger partial charge in [-0.3, -0.25) is 9.00 Å². The molecule has 0 aromatic carbocycles. The second-order valence-corrected chi connectivity index (χ2v) is 7.61. The van der Waals surface area contributed by atoms with Gasteiger partial charge in [0.1, 0.15) is 0 Å². The number of hydrogen-bond donors (Lipinski definition) is 1. The maximum Gasteiger partial charge on any atom is 0.236 e. The molecule has 1 amide bonds. The van der Waals surface area contributed by atoms with Crippen molar-refractivity contribution in [3.05, 3.63) is 0 Å². The van der Waals surface area contributed by atoms with Gasteiger partial charge in [-0.1, -0.05) is 22.9 Å². The first-order valence-electron chi connectivity index (χ1n) is 4.54. The topological polar surface area (TPSA) is 46.2 Å². The Hall–Kier alpha value is 0.1000. The minimum atomic E-state index is -0.809. The van der Waals surface area contributed by atoms with Crippen LogP contribution in [0.25, 0.3) is 0 Å². The van der Waals surface area contributed by atoms with Gasteiger partial charge in [0.05, 0.1) is 4.32 Å². The summed E-state index contributed by atoms with van der Waals surface area (Å²) in [4.78, 5) is 11.4. The Morgan fingerprint density at radius 1 is 1.57 bits per heavy atom.